The number of nitrogens with one attached hydrogen (secondary N) is 1. The number of alkyl carbamates (subject to hydrolysis) is 2. The molecule has 5 nitrogen and oxygen atoms in total. The molecule has 128 valence electrons. The zero-order valence-corrected chi connectivity index (χ0v) is 16.4. The lowest BCUT2D eigenvalue weighted by molar-refractivity contribution is -0.831. The normalized spacial score (nSPS) is 22.9. The number of piperidine rings is 1. The molecule has 0 unspecified atom stereocenters. The van der Waals surface area contributed by atoms with E-state index in [1.807, 2.05) is 33.1 Å². The number of carbonyl (C=O) groups excluding carboxylic acids is 1. The Morgan fingerprint density at radius 2 is 2.04 bits per heavy atom. The Labute approximate surface area is 149 Å². The molecule has 1 aliphatic rings. The molecule has 0 bridgehead atoms. The van der Waals surface area contributed by atoms with Gasteiger partial charge in [-0.05, 0) is 54.6 Å². The maximum atomic E-state index is 12.1. The molecular formula is C16H24BrN2O3S+. The van der Waals surface area contributed by atoms with Crippen LogP contribution in [0.15, 0.2) is 15.0 Å². The summed E-state index contributed by atoms with van der Waals surface area (Å²) in [6.45, 7) is 9.05. The molecule has 0 spiro atoms. The number of nitrogens with zero attached hydrogens (tertiary/aromatic N) is 1. The Bertz CT molecular complexity index is 599. The van der Waals surface area contributed by atoms with Gasteiger partial charge in [-0.3, -0.25) is 0 Å². The van der Waals surface area contributed by atoms with Gasteiger partial charge in [0.05, 0.1) is 18.0 Å². The Hall–Kier alpha value is -0.920. The summed E-state index contributed by atoms with van der Waals surface area (Å²) in [7, 11) is 0. The predicted octanol–water partition coefficient (Wildman–Crippen LogP) is 3.23. The number of amides is 1. The lowest BCUT2D eigenvalue weighted by Gasteiger charge is -2.29. The second-order valence-electron chi connectivity index (χ2n) is 6.93. The van der Waals surface area contributed by atoms with E-state index in [4.69, 9.17) is 4.74 Å². The first-order valence-corrected chi connectivity index (χ1v) is 9.44. The summed E-state index contributed by atoms with van der Waals surface area (Å²) in [5.74, 6) is 0.167. The maximum Gasteiger partial charge on any atom is 0.514 e. The molecule has 2 N–H and O–H groups in total. The van der Waals surface area contributed by atoms with Crippen molar-refractivity contribution in [1.82, 2.24) is 0 Å². The Morgan fingerprint density at radius 3 is 2.48 bits per heavy atom. The van der Waals surface area contributed by atoms with Crippen LogP contribution in [0.1, 0.15) is 44.1 Å². The van der Waals surface area contributed by atoms with Crippen LogP contribution in [0.4, 0.5) is 4.79 Å². The van der Waals surface area contributed by atoms with Crippen LogP contribution in [0.5, 0.6) is 0 Å². The number of hydrogen-bond donors (Lipinski definition) is 2. The highest BCUT2D eigenvalue weighted by molar-refractivity contribution is 9.10. The van der Waals surface area contributed by atoms with Gasteiger partial charge < -0.3 is 9.94 Å². The Kier molecular flexibility index (Phi) is 5.86. The first-order valence-electron chi connectivity index (χ1n) is 7.77. The van der Waals surface area contributed by atoms with Crippen LogP contribution >= 0.6 is 27.3 Å². The van der Waals surface area contributed by atoms with E-state index in [-0.39, 0.29) is 12.0 Å². The molecule has 7 heteroatoms. The zero-order valence-electron chi connectivity index (χ0n) is 14.0. The zero-order chi connectivity index (χ0) is 17.2. The minimum absolute atomic E-state index is 0.167. The van der Waals surface area contributed by atoms with Crippen molar-refractivity contribution in [3.63, 3.8) is 0 Å². The van der Waals surface area contributed by atoms with Gasteiger partial charge in [0.15, 0.2) is 0 Å². The molecular weight excluding hydrogens is 380 g/mol. The number of aryl methyl sites for hydroxylation is 1. The van der Waals surface area contributed by atoms with E-state index >= 15 is 0 Å². The van der Waals surface area contributed by atoms with E-state index in [9.17, 15) is 10.0 Å². The second-order valence-corrected chi connectivity index (χ2v) is 8.60. The highest BCUT2D eigenvalue weighted by atomic mass is 79.9. The second kappa shape index (κ2) is 7.32. The number of rotatable bonds is 2. The molecule has 0 saturated carbocycles. The van der Waals surface area contributed by atoms with E-state index in [0.717, 1.165) is 38.4 Å². The Balaban J connectivity index is 2.01. The third-order valence-electron chi connectivity index (χ3n) is 3.90. The summed E-state index contributed by atoms with van der Waals surface area (Å²) in [6, 6.07) is 0. The maximum absolute atomic E-state index is 12.1. The topological polar surface area (TPSA) is 63.3 Å². The third-order valence-corrected chi connectivity index (χ3v) is 6.31. The van der Waals surface area contributed by atoms with Gasteiger partial charge in [-0.1, -0.05) is 5.16 Å². The van der Waals surface area contributed by atoms with E-state index in [1.54, 1.807) is 11.3 Å². The molecule has 0 radical (unpaired) electrons. The summed E-state index contributed by atoms with van der Waals surface area (Å²) < 4.78 is 6.44. The molecule has 1 aromatic rings. The van der Waals surface area contributed by atoms with E-state index in [2.05, 4.69) is 21.1 Å². The summed E-state index contributed by atoms with van der Waals surface area (Å²) in [5.41, 5.74) is 1.40. The van der Waals surface area contributed by atoms with Crippen molar-refractivity contribution < 1.29 is 19.6 Å². The van der Waals surface area contributed by atoms with E-state index in [0.29, 0.717) is 13.1 Å². The molecule has 1 fully saturated rings. The van der Waals surface area contributed by atoms with Gasteiger partial charge in [-0.25, -0.2) is 4.90 Å². The fourth-order valence-corrected chi connectivity index (χ4v) is 4.46. The SMILES string of the molecule is Cc1csc(/C(=N/O)C2CC[NH+](C(=O)OC(C)(C)C)CC2)c1Br. The largest absolute Gasteiger partial charge is 0.514 e. The van der Waals surface area contributed by atoms with Crippen LogP contribution in [0.3, 0.4) is 0 Å². The number of carbonyl (C=O) groups is 1. The number of ether oxygens (including phenoxy) is 1. The van der Waals surface area contributed by atoms with Gasteiger partial charge in [-0.2, -0.15) is 4.79 Å². The standard InChI is InChI=1S/C16H23BrN2O3S/c1-10-9-23-14(12(10)17)13(18-21)11-5-7-19(8-6-11)15(20)22-16(2,3)4/h9,11,21H,5-8H2,1-4H3/p+1/b18-13+. The lowest BCUT2D eigenvalue weighted by Crippen LogP contribution is -3.15. The molecule has 2 rings (SSSR count). The van der Waals surface area contributed by atoms with Gasteiger partial charge in [0.1, 0.15) is 11.3 Å². The van der Waals surface area contributed by atoms with Crippen molar-refractivity contribution >= 4 is 39.1 Å². The molecule has 0 atom stereocenters. The van der Waals surface area contributed by atoms with Gasteiger partial charge in [0.25, 0.3) is 0 Å². The fraction of sp³-hybridized carbons (Fsp3) is 0.625. The van der Waals surface area contributed by atoms with Crippen LogP contribution in [0.2, 0.25) is 0 Å². The van der Waals surface area contributed by atoms with E-state index in [1.165, 1.54) is 0 Å². The minimum Gasteiger partial charge on any atom is -0.414 e. The summed E-state index contributed by atoms with van der Waals surface area (Å²) >= 11 is 5.15. The van der Waals surface area contributed by atoms with Crippen molar-refractivity contribution in [1.29, 1.82) is 0 Å². The van der Waals surface area contributed by atoms with Crippen molar-refractivity contribution in [3.05, 3.63) is 20.3 Å². The van der Waals surface area contributed by atoms with Crippen molar-refractivity contribution in [3.8, 4) is 0 Å². The van der Waals surface area contributed by atoms with Crippen molar-refractivity contribution in [2.24, 2.45) is 11.1 Å². The monoisotopic (exact) mass is 403 g/mol. The van der Waals surface area contributed by atoms with Crippen LogP contribution in [0.25, 0.3) is 0 Å². The molecule has 1 saturated heterocycles. The smallest absolute Gasteiger partial charge is 0.414 e. The van der Waals surface area contributed by atoms with Gasteiger partial charge in [0, 0.05) is 23.2 Å². The average molecular weight is 404 g/mol. The number of likely N-dealkylation sites (tertiary alicyclic amines) is 1. The van der Waals surface area contributed by atoms with Gasteiger partial charge >= 0.3 is 6.09 Å². The third kappa shape index (κ3) is 4.55. The molecule has 1 amide bonds. The predicted molar refractivity (Wildman–Crippen MR) is 94.7 cm³/mol. The van der Waals surface area contributed by atoms with Crippen LogP contribution in [-0.4, -0.2) is 35.7 Å². The molecule has 1 aromatic heterocycles. The molecule has 23 heavy (non-hydrogen) atoms. The summed E-state index contributed by atoms with van der Waals surface area (Å²) in [5, 5.41) is 15.1. The highest BCUT2D eigenvalue weighted by Crippen LogP contribution is 2.32. The first-order chi connectivity index (χ1) is 10.7. The Morgan fingerprint density at radius 1 is 1.43 bits per heavy atom. The van der Waals surface area contributed by atoms with Crippen LogP contribution < -0.4 is 4.90 Å². The van der Waals surface area contributed by atoms with Crippen LogP contribution in [-0.2, 0) is 4.74 Å². The molecule has 0 aliphatic carbocycles. The number of halogens is 1. The van der Waals surface area contributed by atoms with Crippen molar-refractivity contribution in [2.45, 2.75) is 46.1 Å². The molecule has 0 aromatic carbocycles. The summed E-state index contributed by atoms with van der Waals surface area (Å²) in [4.78, 5) is 14.0. The number of oxime groups is 1. The lowest BCUT2D eigenvalue weighted by atomic mass is 9.91. The number of quaternary nitrogens is 1. The average Bonchev–Trinajstić information content (AvgIpc) is 2.79. The number of hydrogen-bond acceptors (Lipinski definition) is 5. The molecule has 1 aliphatic heterocycles. The van der Waals surface area contributed by atoms with Gasteiger partial charge in [-0.15, -0.1) is 11.3 Å². The quantitative estimate of drug-likeness (QED) is 0.452. The highest BCUT2D eigenvalue weighted by Gasteiger charge is 2.34. The minimum atomic E-state index is -0.460. The molecule has 2 heterocycles. The number of thiophene rings is 1. The fourth-order valence-electron chi connectivity index (χ4n) is 2.71. The van der Waals surface area contributed by atoms with Crippen LogP contribution in [0, 0.1) is 12.8 Å². The van der Waals surface area contributed by atoms with E-state index < -0.39 is 5.60 Å². The van der Waals surface area contributed by atoms with Gasteiger partial charge in [0.2, 0.25) is 0 Å². The first kappa shape index (κ1) is 18.4. The summed E-state index contributed by atoms with van der Waals surface area (Å²) in [6.07, 6.45) is 1.42. The van der Waals surface area contributed by atoms with Crippen molar-refractivity contribution in [2.75, 3.05) is 13.1 Å².